The van der Waals surface area contributed by atoms with Crippen LogP contribution in [0.2, 0.25) is 0 Å². The van der Waals surface area contributed by atoms with Crippen LogP contribution in [-0.2, 0) is 4.74 Å². The second-order valence-corrected chi connectivity index (χ2v) is 8.46. The molecule has 0 aromatic carbocycles. The summed E-state index contributed by atoms with van der Waals surface area (Å²) in [5.41, 5.74) is 0.990. The first kappa shape index (κ1) is 22.8. The minimum absolute atomic E-state index is 0.225. The Balaban J connectivity index is 2.52. The van der Waals surface area contributed by atoms with E-state index in [-0.39, 0.29) is 5.92 Å². The van der Waals surface area contributed by atoms with E-state index in [1.165, 1.54) is 0 Å². The second-order valence-electron chi connectivity index (χ2n) is 8.46. The molecule has 0 spiro atoms. The molecule has 0 aliphatic heterocycles. The molecule has 0 bridgehead atoms. The van der Waals surface area contributed by atoms with Gasteiger partial charge in [0.05, 0.1) is 11.2 Å². The van der Waals surface area contributed by atoms with Crippen molar-refractivity contribution in [2.75, 3.05) is 20.1 Å². The summed E-state index contributed by atoms with van der Waals surface area (Å²) in [7, 11) is 1.71. The van der Waals surface area contributed by atoms with Crippen molar-refractivity contribution < 1.29 is 14.1 Å². The van der Waals surface area contributed by atoms with Crippen molar-refractivity contribution in [3.8, 4) is 0 Å². The zero-order chi connectivity index (χ0) is 20.8. The molecule has 1 amide bonds. The topological polar surface area (TPSA) is 101 Å². The Kier molecular flexibility index (Phi) is 7.68. The smallest absolute Gasteiger partial charge is 0.408 e. The van der Waals surface area contributed by atoms with Gasteiger partial charge in [0, 0.05) is 31.6 Å². The summed E-state index contributed by atoms with van der Waals surface area (Å²) in [5.74, 6) is 1.72. The van der Waals surface area contributed by atoms with Crippen molar-refractivity contribution in [1.29, 1.82) is 0 Å². The molecule has 1 unspecified atom stereocenters. The quantitative estimate of drug-likeness (QED) is 0.517. The highest BCUT2D eigenvalue weighted by molar-refractivity contribution is 5.80. The number of nitrogens with zero attached hydrogens (tertiary/aromatic N) is 2. The molecule has 1 heterocycles. The van der Waals surface area contributed by atoms with Crippen molar-refractivity contribution in [2.24, 2.45) is 4.99 Å². The summed E-state index contributed by atoms with van der Waals surface area (Å²) in [6.45, 7) is 16.5. The Morgan fingerprint density at radius 3 is 2.33 bits per heavy atom. The van der Waals surface area contributed by atoms with Crippen LogP contribution in [0.3, 0.4) is 0 Å². The number of hydrogen-bond acceptors (Lipinski definition) is 5. The third-order valence-corrected chi connectivity index (χ3v) is 3.92. The first-order valence-electron chi connectivity index (χ1n) is 9.23. The number of alkyl carbamates (subject to hydrolysis) is 1. The number of rotatable bonds is 6. The van der Waals surface area contributed by atoms with Crippen LogP contribution < -0.4 is 16.0 Å². The fraction of sp³-hybridized carbons (Fsp3) is 0.737. The normalized spacial score (nSPS) is 13.9. The Labute approximate surface area is 162 Å². The van der Waals surface area contributed by atoms with Gasteiger partial charge in [0.15, 0.2) is 5.96 Å². The third-order valence-electron chi connectivity index (χ3n) is 3.92. The molecule has 0 aliphatic carbocycles. The SMILES string of the molecule is CN=C(NCC(C)c1c(C)noc1C)NCC(C)(C)NC(=O)OC(C)(C)C. The summed E-state index contributed by atoms with van der Waals surface area (Å²) >= 11 is 0. The fourth-order valence-electron chi connectivity index (χ4n) is 2.69. The number of amides is 1. The van der Waals surface area contributed by atoms with Crippen molar-refractivity contribution in [2.45, 2.75) is 72.4 Å². The van der Waals surface area contributed by atoms with E-state index in [2.05, 4.69) is 33.0 Å². The molecule has 0 fully saturated rings. The van der Waals surface area contributed by atoms with Gasteiger partial charge in [0.25, 0.3) is 0 Å². The van der Waals surface area contributed by atoms with Crippen LogP contribution in [0.5, 0.6) is 0 Å². The third kappa shape index (κ3) is 7.88. The van der Waals surface area contributed by atoms with E-state index in [0.29, 0.717) is 19.0 Å². The summed E-state index contributed by atoms with van der Waals surface area (Å²) in [6, 6.07) is 0. The number of guanidine groups is 1. The number of carbonyl (C=O) groups is 1. The maximum Gasteiger partial charge on any atom is 0.408 e. The highest BCUT2D eigenvalue weighted by Crippen LogP contribution is 2.22. The maximum atomic E-state index is 12.0. The van der Waals surface area contributed by atoms with Crippen molar-refractivity contribution in [3.05, 3.63) is 17.0 Å². The van der Waals surface area contributed by atoms with Gasteiger partial charge in [-0.15, -0.1) is 0 Å². The molecule has 8 heteroatoms. The molecule has 154 valence electrons. The molecule has 0 radical (unpaired) electrons. The molecule has 8 nitrogen and oxygen atoms in total. The Morgan fingerprint density at radius 2 is 1.85 bits per heavy atom. The minimum Gasteiger partial charge on any atom is -0.444 e. The summed E-state index contributed by atoms with van der Waals surface area (Å²) < 4.78 is 10.5. The van der Waals surface area contributed by atoms with Gasteiger partial charge in [-0.1, -0.05) is 12.1 Å². The predicted molar refractivity (Wildman–Crippen MR) is 107 cm³/mol. The van der Waals surface area contributed by atoms with Gasteiger partial charge in [-0.05, 0) is 48.5 Å². The van der Waals surface area contributed by atoms with E-state index in [4.69, 9.17) is 9.26 Å². The Bertz CT molecular complexity index is 639. The number of ether oxygens (including phenoxy) is 1. The standard InChI is InChI=1S/C19H35N5O3/c1-12(15-13(2)24-27-14(15)3)10-21-16(20-9)22-11-19(7,8)23-17(25)26-18(4,5)6/h12H,10-11H2,1-9H3,(H,23,25)(H2,20,21,22). The van der Waals surface area contributed by atoms with Gasteiger partial charge in [0.1, 0.15) is 11.4 Å². The molecule has 3 N–H and O–H groups in total. The van der Waals surface area contributed by atoms with Gasteiger partial charge in [-0.2, -0.15) is 0 Å². The first-order chi connectivity index (χ1) is 12.3. The first-order valence-corrected chi connectivity index (χ1v) is 9.23. The van der Waals surface area contributed by atoms with Crippen LogP contribution in [-0.4, -0.2) is 48.5 Å². The molecule has 27 heavy (non-hydrogen) atoms. The number of aryl methyl sites for hydroxylation is 2. The molecule has 1 atom stereocenters. The van der Waals surface area contributed by atoms with Crippen LogP contribution in [0.25, 0.3) is 0 Å². The van der Waals surface area contributed by atoms with Crippen LogP contribution in [0.15, 0.2) is 9.52 Å². The molecule has 1 aromatic rings. The summed E-state index contributed by atoms with van der Waals surface area (Å²) in [5, 5.41) is 13.4. The maximum absolute atomic E-state index is 12.0. The zero-order valence-corrected chi connectivity index (χ0v) is 18.1. The van der Waals surface area contributed by atoms with E-state index in [1.807, 2.05) is 48.5 Å². The van der Waals surface area contributed by atoms with E-state index < -0.39 is 17.2 Å². The average Bonchev–Trinajstić information content (AvgIpc) is 2.83. The zero-order valence-electron chi connectivity index (χ0n) is 18.1. The Morgan fingerprint density at radius 1 is 1.22 bits per heavy atom. The number of carbonyl (C=O) groups excluding carboxylic acids is 1. The fourth-order valence-corrected chi connectivity index (χ4v) is 2.69. The summed E-state index contributed by atoms with van der Waals surface area (Å²) in [4.78, 5) is 16.2. The number of nitrogens with one attached hydrogen (secondary N) is 3. The van der Waals surface area contributed by atoms with E-state index in [0.717, 1.165) is 17.0 Å². The lowest BCUT2D eigenvalue weighted by atomic mass is 10.00. The van der Waals surface area contributed by atoms with Gasteiger partial charge >= 0.3 is 6.09 Å². The van der Waals surface area contributed by atoms with E-state index in [9.17, 15) is 4.79 Å². The molecule has 0 saturated heterocycles. The van der Waals surface area contributed by atoms with E-state index in [1.54, 1.807) is 7.05 Å². The van der Waals surface area contributed by atoms with E-state index >= 15 is 0 Å². The van der Waals surface area contributed by atoms with Crippen molar-refractivity contribution in [3.63, 3.8) is 0 Å². The van der Waals surface area contributed by atoms with Gasteiger partial charge in [-0.25, -0.2) is 4.79 Å². The van der Waals surface area contributed by atoms with Crippen molar-refractivity contribution >= 4 is 12.1 Å². The van der Waals surface area contributed by atoms with Gasteiger partial charge in [0.2, 0.25) is 0 Å². The van der Waals surface area contributed by atoms with Crippen LogP contribution in [0.4, 0.5) is 4.79 Å². The largest absolute Gasteiger partial charge is 0.444 e. The number of aliphatic imine (C=N–C) groups is 1. The lowest BCUT2D eigenvalue weighted by molar-refractivity contribution is 0.0474. The van der Waals surface area contributed by atoms with Crippen LogP contribution >= 0.6 is 0 Å². The predicted octanol–water partition coefficient (Wildman–Crippen LogP) is 2.86. The Hall–Kier alpha value is -2.25. The molecule has 0 saturated carbocycles. The van der Waals surface area contributed by atoms with Crippen LogP contribution in [0.1, 0.15) is 64.5 Å². The molecule has 1 rings (SSSR count). The molecule has 1 aromatic heterocycles. The average molecular weight is 382 g/mol. The molecular weight excluding hydrogens is 346 g/mol. The highest BCUT2D eigenvalue weighted by Gasteiger charge is 2.25. The minimum atomic E-state index is -0.528. The monoisotopic (exact) mass is 381 g/mol. The van der Waals surface area contributed by atoms with Gasteiger partial charge < -0.3 is 25.2 Å². The highest BCUT2D eigenvalue weighted by atomic mass is 16.6. The molecule has 0 aliphatic rings. The second kappa shape index (κ2) is 9.10. The van der Waals surface area contributed by atoms with Crippen molar-refractivity contribution in [1.82, 2.24) is 21.1 Å². The van der Waals surface area contributed by atoms with Gasteiger partial charge in [-0.3, -0.25) is 4.99 Å². The lowest BCUT2D eigenvalue weighted by Gasteiger charge is -2.29. The van der Waals surface area contributed by atoms with Crippen LogP contribution in [0, 0.1) is 13.8 Å². The number of hydrogen-bond donors (Lipinski definition) is 3. The lowest BCUT2D eigenvalue weighted by Crippen LogP contribution is -2.54. The number of aromatic nitrogens is 1. The summed E-state index contributed by atoms with van der Waals surface area (Å²) in [6.07, 6.45) is -0.440. The molecular formula is C19H35N5O3.